The minimum absolute atomic E-state index is 0.603. The molecule has 0 fully saturated rings. The van der Waals surface area contributed by atoms with E-state index in [2.05, 4.69) is 4.98 Å². The van der Waals surface area contributed by atoms with Crippen molar-refractivity contribution in [1.82, 2.24) is 4.98 Å². The van der Waals surface area contributed by atoms with E-state index in [4.69, 9.17) is 28.9 Å². The minimum atomic E-state index is 0.603. The molecule has 0 spiro atoms. The Labute approximate surface area is 130 Å². The lowest BCUT2D eigenvalue weighted by molar-refractivity contribution is 1.41. The van der Waals surface area contributed by atoms with Gasteiger partial charge in [0.25, 0.3) is 0 Å². The van der Waals surface area contributed by atoms with Crippen LogP contribution in [0, 0.1) is 0 Å². The number of halogens is 2. The molecular formula is C15H10Cl2N2S. The number of nitrogens with two attached hydrogens (primary N) is 1. The summed E-state index contributed by atoms with van der Waals surface area (Å²) >= 11 is 14.0. The highest BCUT2D eigenvalue weighted by Crippen LogP contribution is 2.39. The molecule has 3 aromatic rings. The van der Waals surface area contributed by atoms with Crippen LogP contribution in [0.5, 0.6) is 0 Å². The largest absolute Gasteiger partial charge is 0.399 e. The molecule has 2 N–H and O–H groups in total. The second-order valence-corrected chi connectivity index (χ2v) is 6.10. The normalized spacial score (nSPS) is 10.7. The van der Waals surface area contributed by atoms with Crippen LogP contribution in [-0.4, -0.2) is 4.98 Å². The highest BCUT2D eigenvalue weighted by atomic mass is 35.5. The maximum Gasteiger partial charge on any atom is 0.126 e. The topological polar surface area (TPSA) is 38.9 Å². The zero-order valence-electron chi connectivity index (χ0n) is 10.3. The average molecular weight is 321 g/mol. The number of rotatable bonds is 2. The van der Waals surface area contributed by atoms with E-state index in [1.807, 2.05) is 48.7 Å². The molecule has 0 amide bonds. The molecule has 100 valence electrons. The number of benzene rings is 2. The fourth-order valence-electron chi connectivity index (χ4n) is 1.92. The van der Waals surface area contributed by atoms with Gasteiger partial charge in [0, 0.05) is 17.4 Å². The van der Waals surface area contributed by atoms with Gasteiger partial charge >= 0.3 is 0 Å². The van der Waals surface area contributed by atoms with Crippen molar-refractivity contribution in [3.05, 3.63) is 58.7 Å². The lowest BCUT2D eigenvalue weighted by Gasteiger charge is -2.02. The van der Waals surface area contributed by atoms with Gasteiger partial charge < -0.3 is 5.73 Å². The smallest absolute Gasteiger partial charge is 0.126 e. The minimum Gasteiger partial charge on any atom is -0.399 e. The summed E-state index contributed by atoms with van der Waals surface area (Å²) in [6, 6.07) is 13.1. The molecule has 0 bridgehead atoms. The van der Waals surface area contributed by atoms with Crippen LogP contribution in [0.15, 0.2) is 48.7 Å². The van der Waals surface area contributed by atoms with Crippen molar-refractivity contribution in [2.24, 2.45) is 0 Å². The molecule has 5 heteroatoms. The van der Waals surface area contributed by atoms with Gasteiger partial charge in [0.2, 0.25) is 0 Å². The number of anilines is 1. The monoisotopic (exact) mass is 320 g/mol. The molecule has 1 aromatic heterocycles. The maximum atomic E-state index is 6.21. The number of nitrogens with zero attached hydrogens (tertiary/aromatic N) is 1. The van der Waals surface area contributed by atoms with Crippen LogP contribution in [0.1, 0.15) is 0 Å². The zero-order valence-corrected chi connectivity index (χ0v) is 12.6. The third-order valence-electron chi connectivity index (χ3n) is 2.85. The van der Waals surface area contributed by atoms with Crippen LogP contribution < -0.4 is 5.73 Å². The summed E-state index contributed by atoms with van der Waals surface area (Å²) in [6.07, 6.45) is 1.81. The Bertz CT molecular complexity index is 748. The van der Waals surface area contributed by atoms with Gasteiger partial charge in [-0.2, -0.15) is 0 Å². The van der Waals surface area contributed by atoms with Gasteiger partial charge in [-0.15, -0.1) is 11.3 Å². The maximum absolute atomic E-state index is 6.21. The summed E-state index contributed by atoms with van der Waals surface area (Å²) in [4.78, 5) is 5.45. The lowest BCUT2D eigenvalue weighted by atomic mass is 10.2. The standard InChI is InChI=1S/C15H10Cl2N2S/c16-11-5-2-6-12(17)14(11)15-19-8-13(20-15)9-3-1-4-10(18)7-9/h1-8H,18H2. The Morgan fingerprint density at radius 1 is 1.00 bits per heavy atom. The summed E-state index contributed by atoms with van der Waals surface area (Å²) in [5, 5.41) is 2.01. The molecule has 0 atom stereocenters. The van der Waals surface area contributed by atoms with Crippen molar-refractivity contribution in [3.8, 4) is 21.0 Å². The van der Waals surface area contributed by atoms with Crippen LogP contribution in [0.4, 0.5) is 5.69 Å². The van der Waals surface area contributed by atoms with E-state index in [1.165, 1.54) is 0 Å². The number of hydrogen-bond donors (Lipinski definition) is 1. The van der Waals surface area contributed by atoms with E-state index >= 15 is 0 Å². The van der Waals surface area contributed by atoms with E-state index in [-0.39, 0.29) is 0 Å². The summed E-state index contributed by atoms with van der Waals surface area (Å²) in [6.45, 7) is 0. The Hall–Kier alpha value is -1.55. The van der Waals surface area contributed by atoms with E-state index in [0.717, 1.165) is 26.7 Å². The molecule has 0 aliphatic heterocycles. The second kappa shape index (κ2) is 5.44. The Morgan fingerprint density at radius 2 is 1.70 bits per heavy atom. The van der Waals surface area contributed by atoms with Gasteiger partial charge in [0.1, 0.15) is 5.01 Å². The molecule has 3 rings (SSSR count). The van der Waals surface area contributed by atoms with Crippen LogP contribution in [0.3, 0.4) is 0 Å². The molecule has 0 saturated carbocycles. The van der Waals surface area contributed by atoms with Crippen LogP contribution in [0.25, 0.3) is 21.0 Å². The first-order valence-corrected chi connectivity index (χ1v) is 7.48. The van der Waals surface area contributed by atoms with E-state index in [0.29, 0.717) is 10.0 Å². The van der Waals surface area contributed by atoms with Gasteiger partial charge in [-0.3, -0.25) is 0 Å². The predicted molar refractivity (Wildman–Crippen MR) is 87.4 cm³/mol. The molecule has 0 aliphatic rings. The van der Waals surface area contributed by atoms with Gasteiger partial charge in [-0.05, 0) is 29.8 Å². The van der Waals surface area contributed by atoms with Gasteiger partial charge in [0.15, 0.2) is 0 Å². The third-order valence-corrected chi connectivity index (χ3v) is 4.55. The SMILES string of the molecule is Nc1cccc(-c2cnc(-c3c(Cl)cccc3Cl)s2)c1. The molecule has 1 heterocycles. The first-order chi connectivity index (χ1) is 9.65. The van der Waals surface area contributed by atoms with Gasteiger partial charge in [-0.1, -0.05) is 41.4 Å². The fraction of sp³-hybridized carbons (Fsp3) is 0. The van der Waals surface area contributed by atoms with Crippen molar-refractivity contribution in [2.75, 3.05) is 5.73 Å². The van der Waals surface area contributed by atoms with Crippen LogP contribution in [0.2, 0.25) is 10.0 Å². The van der Waals surface area contributed by atoms with Crippen molar-refractivity contribution >= 4 is 40.2 Å². The van der Waals surface area contributed by atoms with E-state index in [1.54, 1.807) is 11.3 Å². The van der Waals surface area contributed by atoms with Crippen molar-refractivity contribution < 1.29 is 0 Å². The molecule has 0 radical (unpaired) electrons. The van der Waals surface area contributed by atoms with Crippen molar-refractivity contribution in [3.63, 3.8) is 0 Å². The molecule has 2 aromatic carbocycles. The van der Waals surface area contributed by atoms with E-state index in [9.17, 15) is 0 Å². The van der Waals surface area contributed by atoms with Crippen LogP contribution >= 0.6 is 34.5 Å². The second-order valence-electron chi connectivity index (χ2n) is 4.25. The first kappa shape index (κ1) is 13.4. The molecule has 20 heavy (non-hydrogen) atoms. The third kappa shape index (κ3) is 2.52. The molecule has 2 nitrogen and oxygen atoms in total. The molecule has 0 saturated heterocycles. The number of nitrogen functional groups attached to an aromatic ring is 1. The number of thiazole rings is 1. The molecular weight excluding hydrogens is 311 g/mol. The van der Waals surface area contributed by atoms with Gasteiger partial charge in [-0.25, -0.2) is 4.98 Å². The molecule has 0 aliphatic carbocycles. The Kier molecular flexibility index (Phi) is 3.66. The lowest BCUT2D eigenvalue weighted by Crippen LogP contribution is -1.83. The van der Waals surface area contributed by atoms with Crippen LogP contribution in [-0.2, 0) is 0 Å². The summed E-state index contributed by atoms with van der Waals surface area (Å²) in [5.74, 6) is 0. The Morgan fingerprint density at radius 3 is 2.40 bits per heavy atom. The zero-order chi connectivity index (χ0) is 14.1. The summed E-state index contributed by atoms with van der Waals surface area (Å²) in [5.41, 5.74) is 8.35. The fourth-order valence-corrected chi connectivity index (χ4v) is 3.59. The quantitative estimate of drug-likeness (QED) is 0.645. The highest BCUT2D eigenvalue weighted by molar-refractivity contribution is 7.18. The van der Waals surface area contributed by atoms with Crippen molar-refractivity contribution in [1.29, 1.82) is 0 Å². The average Bonchev–Trinajstić information content (AvgIpc) is 2.88. The summed E-state index contributed by atoms with van der Waals surface area (Å²) < 4.78 is 0. The first-order valence-electron chi connectivity index (χ1n) is 5.91. The highest BCUT2D eigenvalue weighted by Gasteiger charge is 2.13. The molecule has 0 unspecified atom stereocenters. The Balaban J connectivity index is 2.07. The van der Waals surface area contributed by atoms with Gasteiger partial charge in [0.05, 0.1) is 14.9 Å². The van der Waals surface area contributed by atoms with E-state index < -0.39 is 0 Å². The predicted octanol–water partition coefficient (Wildman–Crippen LogP) is 5.37. The number of aromatic nitrogens is 1. The number of hydrogen-bond acceptors (Lipinski definition) is 3. The van der Waals surface area contributed by atoms with Crippen molar-refractivity contribution in [2.45, 2.75) is 0 Å². The summed E-state index contributed by atoms with van der Waals surface area (Å²) in [7, 11) is 0.